The number of hydrogen-bond donors (Lipinski definition) is 1. The summed E-state index contributed by atoms with van der Waals surface area (Å²) in [6.07, 6.45) is -1.49. The topological polar surface area (TPSA) is 79.7 Å². The molecule has 1 atom stereocenters. The molecule has 1 aliphatic rings. The Kier molecular flexibility index (Phi) is 4.91. The van der Waals surface area contributed by atoms with Crippen LogP contribution in [0.15, 0.2) is 30.3 Å². The number of aryl methyl sites for hydroxylation is 1. The van der Waals surface area contributed by atoms with E-state index < -0.39 is 24.4 Å². The number of carbonyl (C=O) groups excluding carboxylic acids is 1. The number of halogens is 2. The van der Waals surface area contributed by atoms with Gasteiger partial charge in [0, 0.05) is 0 Å². The van der Waals surface area contributed by atoms with Gasteiger partial charge in [0.25, 0.3) is 5.91 Å². The van der Waals surface area contributed by atoms with Crippen LogP contribution in [0.1, 0.15) is 17.0 Å². The molecule has 2 heterocycles. The smallest absolute Gasteiger partial charge is 0.307 e. The molecule has 28 heavy (non-hydrogen) atoms. The van der Waals surface area contributed by atoms with Crippen molar-refractivity contribution >= 4 is 62.3 Å². The van der Waals surface area contributed by atoms with E-state index in [1.54, 1.807) is 23.1 Å². The third-order valence-electron chi connectivity index (χ3n) is 4.41. The fraction of sp³-hybridized carbons (Fsp3) is 0.211. The minimum absolute atomic E-state index is 0.199. The Morgan fingerprint density at radius 2 is 2.07 bits per heavy atom. The summed E-state index contributed by atoms with van der Waals surface area (Å²) in [6, 6.07) is 8.84. The van der Waals surface area contributed by atoms with Gasteiger partial charge in [-0.15, -0.1) is 11.3 Å². The Bertz CT molecular complexity index is 1080. The van der Waals surface area contributed by atoms with Crippen LogP contribution in [0.5, 0.6) is 5.75 Å². The Labute approximate surface area is 174 Å². The van der Waals surface area contributed by atoms with Gasteiger partial charge in [-0.1, -0.05) is 35.3 Å². The molecule has 144 valence electrons. The zero-order valence-corrected chi connectivity index (χ0v) is 16.9. The lowest BCUT2D eigenvalue weighted by molar-refractivity contribution is -0.142. The van der Waals surface area contributed by atoms with Crippen molar-refractivity contribution < 1.29 is 19.4 Å². The van der Waals surface area contributed by atoms with Crippen LogP contribution in [-0.4, -0.2) is 28.1 Å². The number of fused-ring (bicyclic) bond motifs is 2. The lowest BCUT2D eigenvalue weighted by atomic mass is 10.1. The number of thiazole rings is 1. The zero-order valence-electron chi connectivity index (χ0n) is 14.6. The van der Waals surface area contributed by atoms with Crippen LogP contribution >= 0.6 is 34.5 Å². The molecule has 1 aliphatic heterocycles. The Morgan fingerprint density at radius 3 is 2.82 bits per heavy atom. The summed E-state index contributed by atoms with van der Waals surface area (Å²) < 4.78 is 6.53. The molecule has 1 amide bonds. The fourth-order valence-corrected chi connectivity index (χ4v) is 4.54. The molecule has 4 rings (SSSR count). The molecule has 0 saturated heterocycles. The van der Waals surface area contributed by atoms with Gasteiger partial charge in [-0.3, -0.25) is 14.5 Å². The summed E-state index contributed by atoms with van der Waals surface area (Å²) in [5.41, 5.74) is 2.18. The van der Waals surface area contributed by atoms with Crippen LogP contribution in [0.25, 0.3) is 10.2 Å². The third-order valence-corrected chi connectivity index (χ3v) is 6.13. The van der Waals surface area contributed by atoms with Crippen LogP contribution < -0.4 is 9.64 Å². The summed E-state index contributed by atoms with van der Waals surface area (Å²) >= 11 is 13.5. The second kappa shape index (κ2) is 7.24. The number of para-hydroxylation sites is 1. The van der Waals surface area contributed by atoms with Crippen molar-refractivity contribution in [2.45, 2.75) is 26.0 Å². The number of nitrogens with zero attached hydrogens (tertiary/aromatic N) is 2. The van der Waals surface area contributed by atoms with Crippen molar-refractivity contribution in [3.8, 4) is 5.75 Å². The highest BCUT2D eigenvalue weighted by molar-refractivity contribution is 7.18. The lowest BCUT2D eigenvalue weighted by Crippen LogP contribution is -2.46. The molecule has 1 N–H and O–H groups in total. The number of amides is 1. The molecule has 0 spiro atoms. The molecule has 0 bridgehead atoms. The first-order valence-corrected chi connectivity index (χ1v) is 9.94. The molecule has 0 aliphatic carbocycles. The Balaban J connectivity index is 1.74. The highest BCUT2D eigenvalue weighted by Crippen LogP contribution is 2.39. The first-order valence-electron chi connectivity index (χ1n) is 8.37. The second-order valence-electron chi connectivity index (χ2n) is 6.39. The average Bonchev–Trinajstić information content (AvgIpc) is 2.99. The number of hydrogen-bond acceptors (Lipinski definition) is 5. The van der Waals surface area contributed by atoms with Gasteiger partial charge < -0.3 is 9.84 Å². The monoisotopic (exact) mass is 436 g/mol. The van der Waals surface area contributed by atoms with Crippen LogP contribution in [0.3, 0.4) is 0 Å². The number of ether oxygens (including phenoxy) is 1. The number of benzene rings is 2. The zero-order chi connectivity index (χ0) is 20.0. The average molecular weight is 437 g/mol. The highest BCUT2D eigenvalue weighted by atomic mass is 35.5. The highest BCUT2D eigenvalue weighted by Gasteiger charge is 2.37. The van der Waals surface area contributed by atoms with Gasteiger partial charge >= 0.3 is 5.97 Å². The number of aliphatic carboxylic acids is 1. The molecule has 0 radical (unpaired) electrons. The number of carboxylic acids is 1. The quantitative estimate of drug-likeness (QED) is 0.641. The molecule has 1 unspecified atom stereocenters. The molecular formula is C19H14Cl2N2O4S. The van der Waals surface area contributed by atoms with Gasteiger partial charge in [-0.05, 0) is 30.7 Å². The van der Waals surface area contributed by atoms with E-state index in [2.05, 4.69) is 4.98 Å². The van der Waals surface area contributed by atoms with E-state index in [1.165, 1.54) is 11.3 Å². The maximum atomic E-state index is 13.0. The summed E-state index contributed by atoms with van der Waals surface area (Å²) in [6.45, 7) is 2.07. The number of carbonyl (C=O) groups is 2. The number of anilines is 1. The number of rotatable bonds is 4. The van der Waals surface area contributed by atoms with Gasteiger partial charge in [0.1, 0.15) is 10.8 Å². The fourth-order valence-electron chi connectivity index (χ4n) is 3.18. The van der Waals surface area contributed by atoms with Gasteiger partial charge in [0.15, 0.2) is 6.10 Å². The van der Waals surface area contributed by atoms with Gasteiger partial charge in [0.2, 0.25) is 0 Å². The predicted octanol–water partition coefficient (Wildman–Crippen LogP) is 4.68. The van der Waals surface area contributed by atoms with Crippen molar-refractivity contribution in [1.29, 1.82) is 0 Å². The van der Waals surface area contributed by atoms with Gasteiger partial charge in [-0.25, -0.2) is 4.98 Å². The first kappa shape index (κ1) is 19.0. The van der Waals surface area contributed by atoms with Crippen molar-refractivity contribution in [3.05, 3.63) is 50.9 Å². The van der Waals surface area contributed by atoms with Crippen LogP contribution in [0, 0.1) is 6.92 Å². The van der Waals surface area contributed by atoms with Crippen LogP contribution in [-0.2, 0) is 16.1 Å². The van der Waals surface area contributed by atoms with Crippen LogP contribution in [0.4, 0.5) is 5.69 Å². The van der Waals surface area contributed by atoms with Gasteiger partial charge in [0.05, 0.1) is 38.9 Å². The van der Waals surface area contributed by atoms with Crippen molar-refractivity contribution in [3.63, 3.8) is 0 Å². The van der Waals surface area contributed by atoms with E-state index in [0.717, 1.165) is 10.3 Å². The van der Waals surface area contributed by atoms with E-state index >= 15 is 0 Å². The Hall–Kier alpha value is -2.35. The predicted molar refractivity (Wildman–Crippen MR) is 109 cm³/mol. The largest absolute Gasteiger partial charge is 0.481 e. The van der Waals surface area contributed by atoms with Crippen molar-refractivity contribution in [1.82, 2.24) is 4.98 Å². The Morgan fingerprint density at radius 1 is 1.32 bits per heavy atom. The minimum atomic E-state index is -1.10. The molecular weight excluding hydrogens is 423 g/mol. The molecule has 0 fully saturated rings. The maximum absolute atomic E-state index is 13.0. The maximum Gasteiger partial charge on any atom is 0.307 e. The third kappa shape index (κ3) is 3.41. The van der Waals surface area contributed by atoms with E-state index in [0.29, 0.717) is 32.0 Å². The van der Waals surface area contributed by atoms with Crippen molar-refractivity contribution in [2.75, 3.05) is 4.90 Å². The van der Waals surface area contributed by atoms with E-state index in [-0.39, 0.29) is 6.54 Å². The molecule has 1 aromatic heterocycles. The SMILES string of the molecule is Cc1cccc2c1N(Cc1nc3cc(Cl)c(Cl)cc3s1)C(=O)C(CC(=O)O)O2. The van der Waals surface area contributed by atoms with E-state index in [1.807, 2.05) is 19.1 Å². The molecule has 2 aromatic carbocycles. The molecule has 9 heteroatoms. The second-order valence-corrected chi connectivity index (χ2v) is 8.32. The van der Waals surface area contributed by atoms with Crippen molar-refractivity contribution in [2.24, 2.45) is 0 Å². The van der Waals surface area contributed by atoms with Crippen LogP contribution in [0.2, 0.25) is 10.0 Å². The van der Waals surface area contributed by atoms with Gasteiger partial charge in [-0.2, -0.15) is 0 Å². The summed E-state index contributed by atoms with van der Waals surface area (Å²) in [4.78, 5) is 30.2. The first-order chi connectivity index (χ1) is 13.3. The molecule has 3 aromatic rings. The minimum Gasteiger partial charge on any atom is -0.481 e. The molecule has 6 nitrogen and oxygen atoms in total. The summed E-state index contributed by atoms with van der Waals surface area (Å²) in [5.74, 6) is -1.02. The normalized spacial score (nSPS) is 16.2. The standard InChI is InChI=1S/C19H14Cl2N2O4S/c1-9-3-2-4-13-18(9)23(19(26)14(27-13)7-17(24)25)8-16-22-12-5-10(20)11(21)6-15(12)28-16/h2-6,14H,7-8H2,1H3,(H,24,25). The summed E-state index contributed by atoms with van der Waals surface area (Å²) in [5, 5.41) is 10.7. The number of carboxylic acid groups (broad SMARTS) is 1. The van der Waals surface area contributed by atoms with E-state index in [9.17, 15) is 9.59 Å². The lowest BCUT2D eigenvalue weighted by Gasteiger charge is -2.34. The summed E-state index contributed by atoms with van der Waals surface area (Å²) in [7, 11) is 0. The number of aromatic nitrogens is 1. The molecule has 0 saturated carbocycles. The van der Waals surface area contributed by atoms with E-state index in [4.69, 9.17) is 33.0 Å².